The zero-order chi connectivity index (χ0) is 18.4. The summed E-state index contributed by atoms with van der Waals surface area (Å²) in [6, 6.07) is 3.25. The number of hydrogen-bond donors (Lipinski definition) is 1. The molecule has 0 atom stereocenters. The Hall–Kier alpha value is -2.64. The number of carbonyl (C=O) groups excluding carboxylic acids is 2. The minimum absolute atomic E-state index is 0.0724. The Bertz CT molecular complexity index is 641. The molecule has 1 aliphatic rings. The molecule has 1 aromatic rings. The van der Waals surface area contributed by atoms with Crippen molar-refractivity contribution < 1.29 is 24.2 Å². The Balaban J connectivity index is 1.95. The van der Waals surface area contributed by atoms with E-state index in [1.807, 2.05) is 0 Å². The fourth-order valence-electron chi connectivity index (χ4n) is 2.76. The third kappa shape index (κ3) is 4.68. The van der Waals surface area contributed by atoms with Crippen LogP contribution in [0.1, 0.15) is 30.1 Å². The van der Waals surface area contributed by atoms with Gasteiger partial charge in [0.1, 0.15) is 5.56 Å². The summed E-state index contributed by atoms with van der Waals surface area (Å²) in [5, 5.41) is 9.00. The molecular weight excluding hydrogens is 326 g/mol. The van der Waals surface area contributed by atoms with E-state index in [1.54, 1.807) is 37.2 Å². The molecule has 2 amide bonds. The van der Waals surface area contributed by atoms with E-state index in [0.29, 0.717) is 38.1 Å². The molecule has 1 aromatic heterocycles. The molecule has 0 radical (unpaired) electrons. The van der Waals surface area contributed by atoms with Crippen molar-refractivity contribution in [1.29, 1.82) is 0 Å². The van der Waals surface area contributed by atoms with Crippen molar-refractivity contribution in [2.45, 2.75) is 19.8 Å². The monoisotopic (exact) mass is 349 g/mol. The van der Waals surface area contributed by atoms with Crippen LogP contribution in [-0.4, -0.2) is 71.0 Å². The van der Waals surface area contributed by atoms with Crippen LogP contribution in [0.4, 0.5) is 0 Å². The summed E-state index contributed by atoms with van der Waals surface area (Å²) < 4.78 is 5.35. The number of aliphatic carboxylic acids is 1. The van der Waals surface area contributed by atoms with E-state index in [9.17, 15) is 14.4 Å². The number of aromatic nitrogens is 1. The van der Waals surface area contributed by atoms with Crippen LogP contribution in [-0.2, 0) is 9.59 Å². The van der Waals surface area contributed by atoms with Gasteiger partial charge in [0, 0.05) is 26.3 Å². The molecule has 2 rings (SSSR count). The van der Waals surface area contributed by atoms with Gasteiger partial charge in [-0.2, -0.15) is 0 Å². The molecule has 1 fully saturated rings. The number of carboxylic acids is 1. The fraction of sp³-hybridized carbons (Fsp3) is 0.529. The molecule has 1 saturated heterocycles. The number of ether oxygens (including phenoxy) is 1. The Morgan fingerprint density at radius 1 is 1.36 bits per heavy atom. The summed E-state index contributed by atoms with van der Waals surface area (Å²) in [5.41, 5.74) is 0.309. The van der Waals surface area contributed by atoms with Crippen LogP contribution < -0.4 is 4.74 Å². The molecule has 0 saturated carbocycles. The van der Waals surface area contributed by atoms with E-state index in [-0.39, 0.29) is 24.2 Å². The molecule has 1 N–H and O–H groups in total. The Kier molecular flexibility index (Phi) is 6.32. The number of amides is 2. The zero-order valence-electron chi connectivity index (χ0n) is 14.5. The first-order chi connectivity index (χ1) is 11.9. The van der Waals surface area contributed by atoms with Gasteiger partial charge in [0.05, 0.1) is 19.1 Å². The van der Waals surface area contributed by atoms with Crippen LogP contribution in [0.3, 0.4) is 0 Å². The quantitative estimate of drug-likeness (QED) is 0.818. The first-order valence-electron chi connectivity index (χ1n) is 8.27. The topological polar surface area (TPSA) is 100 Å². The lowest BCUT2D eigenvalue weighted by molar-refractivity contribution is -0.145. The van der Waals surface area contributed by atoms with Gasteiger partial charge in [-0.3, -0.25) is 14.4 Å². The Morgan fingerprint density at radius 3 is 2.64 bits per heavy atom. The van der Waals surface area contributed by atoms with E-state index in [2.05, 4.69) is 4.98 Å². The first-order valence-corrected chi connectivity index (χ1v) is 8.27. The maximum absolute atomic E-state index is 12.6. The summed E-state index contributed by atoms with van der Waals surface area (Å²) in [6.07, 6.45) is 2.42. The molecule has 8 heteroatoms. The van der Waals surface area contributed by atoms with Gasteiger partial charge in [-0.05, 0) is 31.9 Å². The lowest BCUT2D eigenvalue weighted by atomic mass is 9.97. The number of piperidine rings is 1. The summed E-state index contributed by atoms with van der Waals surface area (Å²) >= 11 is 0. The van der Waals surface area contributed by atoms with Crippen LogP contribution in [0.25, 0.3) is 0 Å². The van der Waals surface area contributed by atoms with Gasteiger partial charge in [-0.15, -0.1) is 0 Å². The van der Waals surface area contributed by atoms with Crippen molar-refractivity contribution in [3.05, 3.63) is 23.9 Å². The van der Waals surface area contributed by atoms with E-state index in [1.165, 1.54) is 4.90 Å². The zero-order valence-corrected chi connectivity index (χ0v) is 14.5. The molecule has 0 spiro atoms. The van der Waals surface area contributed by atoms with Crippen molar-refractivity contribution in [2.24, 2.45) is 5.92 Å². The minimum Gasteiger partial charge on any atom is -0.481 e. The van der Waals surface area contributed by atoms with Crippen LogP contribution in [0.15, 0.2) is 18.3 Å². The van der Waals surface area contributed by atoms with Gasteiger partial charge in [0.15, 0.2) is 0 Å². The smallest absolute Gasteiger partial charge is 0.306 e. The lowest BCUT2D eigenvalue weighted by Gasteiger charge is -2.31. The highest BCUT2D eigenvalue weighted by molar-refractivity contribution is 5.98. The standard InChI is InChI=1S/C17H23N3O5/c1-3-25-15-13(5-4-8-18-15)16(22)19(2)11-14(21)20-9-6-12(7-10-20)17(23)24/h4-5,8,12H,3,6-7,9-11H2,1-2H3,(H,23,24). The first kappa shape index (κ1) is 18.7. The van der Waals surface area contributed by atoms with E-state index >= 15 is 0 Å². The lowest BCUT2D eigenvalue weighted by Crippen LogP contribution is -2.45. The third-order valence-electron chi connectivity index (χ3n) is 4.20. The van der Waals surface area contributed by atoms with Crippen LogP contribution in [0.2, 0.25) is 0 Å². The van der Waals surface area contributed by atoms with Crippen molar-refractivity contribution in [3.8, 4) is 5.88 Å². The molecule has 0 aromatic carbocycles. The highest BCUT2D eigenvalue weighted by atomic mass is 16.5. The van der Waals surface area contributed by atoms with Gasteiger partial charge in [0.25, 0.3) is 5.91 Å². The second-order valence-corrected chi connectivity index (χ2v) is 5.94. The SMILES string of the molecule is CCOc1ncccc1C(=O)N(C)CC(=O)N1CCC(C(=O)O)CC1. The van der Waals surface area contributed by atoms with Crippen LogP contribution in [0.5, 0.6) is 5.88 Å². The van der Waals surface area contributed by atoms with Gasteiger partial charge >= 0.3 is 5.97 Å². The van der Waals surface area contributed by atoms with Gasteiger partial charge in [-0.25, -0.2) is 4.98 Å². The number of likely N-dealkylation sites (tertiary alicyclic amines) is 1. The second-order valence-electron chi connectivity index (χ2n) is 5.94. The summed E-state index contributed by atoms with van der Waals surface area (Å²) in [6.45, 7) is 2.91. The molecule has 0 bridgehead atoms. The van der Waals surface area contributed by atoms with Crippen molar-refractivity contribution in [3.63, 3.8) is 0 Å². The molecule has 2 heterocycles. The fourth-order valence-corrected chi connectivity index (χ4v) is 2.76. The molecular formula is C17H23N3O5. The molecule has 25 heavy (non-hydrogen) atoms. The average molecular weight is 349 g/mol. The number of nitrogens with zero attached hydrogens (tertiary/aromatic N) is 3. The summed E-state index contributed by atoms with van der Waals surface area (Å²) in [7, 11) is 1.55. The summed E-state index contributed by atoms with van der Waals surface area (Å²) in [4.78, 5) is 42.9. The van der Waals surface area contributed by atoms with Gasteiger partial charge in [-0.1, -0.05) is 0 Å². The molecule has 8 nitrogen and oxygen atoms in total. The summed E-state index contributed by atoms with van der Waals surface area (Å²) in [5.74, 6) is -1.50. The largest absolute Gasteiger partial charge is 0.481 e. The molecule has 136 valence electrons. The third-order valence-corrected chi connectivity index (χ3v) is 4.20. The van der Waals surface area contributed by atoms with E-state index in [4.69, 9.17) is 9.84 Å². The highest BCUT2D eigenvalue weighted by Crippen LogP contribution is 2.19. The minimum atomic E-state index is -0.820. The maximum Gasteiger partial charge on any atom is 0.306 e. The van der Waals surface area contributed by atoms with Crippen molar-refractivity contribution in [2.75, 3.05) is 33.3 Å². The predicted molar refractivity (Wildman–Crippen MR) is 89.3 cm³/mol. The van der Waals surface area contributed by atoms with E-state index < -0.39 is 11.9 Å². The predicted octanol–water partition coefficient (Wildman–Crippen LogP) is 0.875. The number of hydrogen-bond acceptors (Lipinski definition) is 5. The second kappa shape index (κ2) is 8.46. The van der Waals surface area contributed by atoms with E-state index in [0.717, 1.165) is 0 Å². The van der Waals surface area contributed by atoms with Gasteiger partial charge in [0.2, 0.25) is 11.8 Å². The van der Waals surface area contributed by atoms with Crippen LogP contribution >= 0.6 is 0 Å². The van der Waals surface area contributed by atoms with Crippen molar-refractivity contribution in [1.82, 2.24) is 14.8 Å². The normalized spacial score (nSPS) is 14.9. The molecule has 1 aliphatic heterocycles. The Labute approximate surface area is 146 Å². The van der Waals surface area contributed by atoms with Crippen molar-refractivity contribution >= 4 is 17.8 Å². The maximum atomic E-state index is 12.6. The molecule has 0 aliphatic carbocycles. The highest BCUT2D eigenvalue weighted by Gasteiger charge is 2.28. The number of pyridine rings is 1. The number of rotatable bonds is 6. The average Bonchev–Trinajstić information content (AvgIpc) is 2.61. The number of carbonyl (C=O) groups is 3. The number of likely N-dealkylation sites (N-methyl/N-ethyl adjacent to an activating group) is 1. The van der Waals surface area contributed by atoms with Crippen LogP contribution in [0, 0.1) is 5.92 Å². The number of carboxylic acid groups (broad SMARTS) is 1. The van der Waals surface area contributed by atoms with Gasteiger partial charge < -0.3 is 19.6 Å². The molecule has 0 unspecified atom stereocenters. The Morgan fingerprint density at radius 2 is 2.04 bits per heavy atom.